The summed E-state index contributed by atoms with van der Waals surface area (Å²) in [6.07, 6.45) is 1.07. The van der Waals surface area contributed by atoms with E-state index in [1.807, 2.05) is 0 Å². The van der Waals surface area contributed by atoms with Gasteiger partial charge >= 0.3 is 5.97 Å². The highest BCUT2D eigenvalue weighted by Gasteiger charge is 2.21. The van der Waals surface area contributed by atoms with Gasteiger partial charge in [0.15, 0.2) is 0 Å². The Morgan fingerprint density at radius 2 is 1.74 bits per heavy atom. The van der Waals surface area contributed by atoms with Crippen LogP contribution in [0.2, 0.25) is 10.0 Å². The summed E-state index contributed by atoms with van der Waals surface area (Å²) in [5.74, 6) is -1.05. The summed E-state index contributed by atoms with van der Waals surface area (Å²) in [5.41, 5.74) is 1.01. The van der Waals surface area contributed by atoms with E-state index >= 15 is 0 Å². The summed E-state index contributed by atoms with van der Waals surface area (Å²) in [5, 5.41) is 9.28. The highest BCUT2D eigenvalue weighted by atomic mass is 35.5. The van der Waals surface area contributed by atoms with E-state index in [4.69, 9.17) is 28.3 Å². The quantitative estimate of drug-likeness (QED) is 0.867. The van der Waals surface area contributed by atoms with E-state index in [1.54, 1.807) is 30.3 Å². The molecule has 0 radical (unpaired) electrons. The monoisotopic (exact) mass is 373 g/mol. The van der Waals surface area contributed by atoms with Crippen LogP contribution in [0.4, 0.5) is 5.69 Å². The van der Waals surface area contributed by atoms with Crippen molar-refractivity contribution in [2.45, 2.75) is 6.54 Å². The predicted octanol–water partition coefficient (Wildman–Crippen LogP) is 3.66. The zero-order valence-electron chi connectivity index (χ0n) is 12.0. The number of carbonyl (C=O) groups is 1. The van der Waals surface area contributed by atoms with Crippen LogP contribution in [0.25, 0.3) is 0 Å². The summed E-state index contributed by atoms with van der Waals surface area (Å²) >= 11 is 12.1. The second-order valence-electron chi connectivity index (χ2n) is 4.84. The minimum absolute atomic E-state index is 0.0127. The fraction of sp³-hybridized carbons (Fsp3) is 0.133. The molecule has 0 amide bonds. The summed E-state index contributed by atoms with van der Waals surface area (Å²) in [4.78, 5) is 10.9. The molecule has 0 bridgehead atoms. The van der Waals surface area contributed by atoms with Crippen LogP contribution in [0.3, 0.4) is 0 Å². The van der Waals surface area contributed by atoms with E-state index in [1.165, 1.54) is 12.1 Å². The SMILES string of the molecule is CS(=O)(=O)N(Cc1ccc(C(=O)O)cc1)c1cccc(Cl)c1Cl. The molecule has 0 saturated carbocycles. The van der Waals surface area contributed by atoms with Crippen molar-refractivity contribution in [3.63, 3.8) is 0 Å². The molecule has 0 fully saturated rings. The van der Waals surface area contributed by atoms with Crippen LogP contribution in [0.1, 0.15) is 15.9 Å². The molecule has 2 rings (SSSR count). The lowest BCUT2D eigenvalue weighted by Gasteiger charge is -2.24. The van der Waals surface area contributed by atoms with Gasteiger partial charge < -0.3 is 5.11 Å². The van der Waals surface area contributed by atoms with Gasteiger partial charge in [0.2, 0.25) is 10.0 Å². The van der Waals surface area contributed by atoms with E-state index < -0.39 is 16.0 Å². The third kappa shape index (κ3) is 4.16. The largest absolute Gasteiger partial charge is 0.478 e. The van der Waals surface area contributed by atoms with E-state index in [9.17, 15) is 13.2 Å². The van der Waals surface area contributed by atoms with Crippen molar-refractivity contribution in [2.75, 3.05) is 10.6 Å². The standard InChI is InChI=1S/C15H13Cl2NO4S/c1-23(21,22)18(13-4-2-3-12(16)14(13)17)9-10-5-7-11(8-6-10)15(19)20/h2-8H,9H2,1H3,(H,19,20). The molecule has 0 aliphatic rings. The molecule has 0 atom stereocenters. The first-order valence-electron chi connectivity index (χ1n) is 6.44. The molecule has 0 saturated heterocycles. The Bertz CT molecular complexity index is 835. The van der Waals surface area contributed by atoms with Crippen LogP contribution in [-0.2, 0) is 16.6 Å². The minimum atomic E-state index is -3.61. The summed E-state index contributed by atoms with van der Waals surface area (Å²) < 4.78 is 25.3. The van der Waals surface area contributed by atoms with Crippen LogP contribution < -0.4 is 4.31 Å². The lowest BCUT2D eigenvalue weighted by Crippen LogP contribution is -2.29. The number of benzene rings is 2. The molecular weight excluding hydrogens is 361 g/mol. The van der Waals surface area contributed by atoms with E-state index in [0.717, 1.165) is 10.6 Å². The predicted molar refractivity (Wildman–Crippen MR) is 90.9 cm³/mol. The first-order valence-corrected chi connectivity index (χ1v) is 9.04. The zero-order valence-corrected chi connectivity index (χ0v) is 14.4. The van der Waals surface area contributed by atoms with Crippen molar-refractivity contribution in [2.24, 2.45) is 0 Å². The number of sulfonamides is 1. The third-order valence-corrected chi connectivity index (χ3v) is 5.06. The molecule has 0 unspecified atom stereocenters. The Kier molecular flexibility index (Phi) is 5.19. The number of nitrogens with zero attached hydrogens (tertiary/aromatic N) is 1. The molecular formula is C15H13Cl2NO4S. The first-order chi connectivity index (χ1) is 10.7. The number of hydrogen-bond acceptors (Lipinski definition) is 3. The van der Waals surface area contributed by atoms with Crippen LogP contribution in [0, 0.1) is 0 Å². The van der Waals surface area contributed by atoms with Crippen molar-refractivity contribution >= 4 is 44.9 Å². The summed E-state index contributed by atoms with van der Waals surface area (Å²) in [6, 6.07) is 10.7. The van der Waals surface area contributed by atoms with Gasteiger partial charge in [0.1, 0.15) is 0 Å². The maximum atomic E-state index is 12.1. The number of anilines is 1. The molecule has 0 spiro atoms. The Morgan fingerprint density at radius 3 is 2.26 bits per heavy atom. The lowest BCUT2D eigenvalue weighted by atomic mass is 10.1. The molecule has 1 N–H and O–H groups in total. The van der Waals surface area contributed by atoms with Crippen molar-refractivity contribution in [1.82, 2.24) is 0 Å². The maximum absolute atomic E-state index is 12.1. The summed E-state index contributed by atoms with van der Waals surface area (Å²) in [7, 11) is -3.61. The second-order valence-corrected chi connectivity index (χ2v) is 7.54. The average Bonchev–Trinajstić information content (AvgIpc) is 2.47. The Morgan fingerprint density at radius 1 is 1.13 bits per heavy atom. The Labute approximate surface area is 144 Å². The van der Waals surface area contributed by atoms with Gasteiger partial charge in [-0.2, -0.15) is 0 Å². The molecule has 5 nitrogen and oxygen atoms in total. The van der Waals surface area contributed by atoms with Gasteiger partial charge in [0.25, 0.3) is 0 Å². The smallest absolute Gasteiger partial charge is 0.335 e. The molecule has 0 aliphatic carbocycles. The van der Waals surface area contributed by atoms with E-state index in [-0.39, 0.29) is 27.8 Å². The van der Waals surface area contributed by atoms with E-state index in [0.29, 0.717) is 5.56 Å². The van der Waals surface area contributed by atoms with Crippen LogP contribution in [-0.4, -0.2) is 25.7 Å². The van der Waals surface area contributed by atoms with Crippen molar-refractivity contribution in [3.8, 4) is 0 Å². The van der Waals surface area contributed by atoms with Gasteiger partial charge in [-0.05, 0) is 29.8 Å². The number of carboxylic acid groups (broad SMARTS) is 1. The third-order valence-electron chi connectivity index (χ3n) is 3.13. The Hall–Kier alpha value is -1.76. The fourth-order valence-electron chi connectivity index (χ4n) is 1.98. The molecule has 0 aliphatic heterocycles. The number of halogens is 2. The molecule has 2 aromatic rings. The van der Waals surface area contributed by atoms with Crippen molar-refractivity contribution in [3.05, 3.63) is 63.6 Å². The summed E-state index contributed by atoms with van der Waals surface area (Å²) in [6.45, 7) is 0.0127. The minimum Gasteiger partial charge on any atom is -0.478 e. The molecule has 8 heteroatoms. The molecule has 23 heavy (non-hydrogen) atoms. The molecule has 0 aromatic heterocycles. The van der Waals surface area contributed by atoms with Crippen molar-refractivity contribution < 1.29 is 18.3 Å². The molecule has 2 aromatic carbocycles. The van der Waals surface area contributed by atoms with Gasteiger partial charge in [0.05, 0.1) is 34.1 Å². The van der Waals surface area contributed by atoms with Gasteiger partial charge in [-0.1, -0.05) is 41.4 Å². The van der Waals surface area contributed by atoms with Gasteiger partial charge in [-0.15, -0.1) is 0 Å². The number of rotatable bonds is 5. The average molecular weight is 374 g/mol. The topological polar surface area (TPSA) is 74.7 Å². The van der Waals surface area contributed by atoms with Crippen molar-refractivity contribution in [1.29, 1.82) is 0 Å². The number of aromatic carboxylic acids is 1. The molecule has 0 heterocycles. The second kappa shape index (κ2) is 6.78. The van der Waals surface area contributed by atoms with Crippen LogP contribution in [0.5, 0.6) is 0 Å². The van der Waals surface area contributed by atoms with Gasteiger partial charge in [0, 0.05) is 0 Å². The molecule has 122 valence electrons. The van der Waals surface area contributed by atoms with Crippen LogP contribution in [0.15, 0.2) is 42.5 Å². The van der Waals surface area contributed by atoms with Crippen LogP contribution >= 0.6 is 23.2 Å². The first kappa shape index (κ1) is 17.6. The Balaban J connectivity index is 2.41. The zero-order chi connectivity index (χ0) is 17.2. The normalized spacial score (nSPS) is 11.3. The maximum Gasteiger partial charge on any atom is 0.335 e. The lowest BCUT2D eigenvalue weighted by molar-refractivity contribution is 0.0697. The number of hydrogen-bond donors (Lipinski definition) is 1. The van der Waals surface area contributed by atoms with Gasteiger partial charge in [-0.25, -0.2) is 13.2 Å². The van der Waals surface area contributed by atoms with E-state index in [2.05, 4.69) is 0 Å². The van der Waals surface area contributed by atoms with Gasteiger partial charge in [-0.3, -0.25) is 4.31 Å². The fourth-order valence-corrected chi connectivity index (χ4v) is 3.33. The highest BCUT2D eigenvalue weighted by Crippen LogP contribution is 2.34. The number of carboxylic acids is 1. The highest BCUT2D eigenvalue weighted by molar-refractivity contribution is 7.92.